The summed E-state index contributed by atoms with van der Waals surface area (Å²) in [6, 6.07) is 7.18. The third-order valence-corrected chi connectivity index (χ3v) is 5.95. The van der Waals surface area contributed by atoms with E-state index in [1.54, 1.807) is 24.6 Å². The summed E-state index contributed by atoms with van der Waals surface area (Å²) in [6.45, 7) is 7.18. The Bertz CT molecular complexity index is 1030. The van der Waals surface area contributed by atoms with Gasteiger partial charge >= 0.3 is 0 Å². The Hall–Kier alpha value is -2.40. The summed E-state index contributed by atoms with van der Waals surface area (Å²) in [4.78, 5) is 4.28. The number of pyridine rings is 1. The minimum atomic E-state index is -0.267. The van der Waals surface area contributed by atoms with E-state index in [1.807, 2.05) is 12.1 Å². The molecule has 0 saturated carbocycles. The summed E-state index contributed by atoms with van der Waals surface area (Å²) in [5.74, 6) is -0.267. The molecule has 0 aliphatic carbocycles. The number of aromatic nitrogens is 1. The van der Waals surface area contributed by atoms with Gasteiger partial charge < -0.3 is 14.5 Å². The first kappa shape index (κ1) is 15.8. The largest absolute Gasteiger partial charge is 0.462 e. The Morgan fingerprint density at radius 2 is 2.04 bits per heavy atom. The Morgan fingerprint density at radius 1 is 1.19 bits per heavy atom. The second kappa shape index (κ2) is 5.07. The van der Waals surface area contributed by atoms with E-state index in [0.29, 0.717) is 11.1 Å². The lowest BCUT2D eigenvalue weighted by molar-refractivity contribution is 0.0352. The zero-order chi connectivity index (χ0) is 18.1. The molecule has 2 aliphatic heterocycles. The molecule has 3 aromatic rings. The zero-order valence-electron chi connectivity index (χ0n) is 15.1. The number of halogens is 1. The van der Waals surface area contributed by atoms with Gasteiger partial charge in [-0.15, -0.1) is 0 Å². The van der Waals surface area contributed by atoms with Crippen molar-refractivity contribution < 1.29 is 13.5 Å². The average Bonchev–Trinajstić information content (AvgIpc) is 3.21. The molecule has 1 saturated heterocycles. The van der Waals surface area contributed by atoms with Crippen molar-refractivity contribution in [3.05, 3.63) is 48.1 Å². The zero-order valence-corrected chi connectivity index (χ0v) is 15.1. The van der Waals surface area contributed by atoms with Gasteiger partial charge in [-0.25, -0.2) is 4.39 Å². The molecule has 2 atom stereocenters. The van der Waals surface area contributed by atoms with Gasteiger partial charge in [-0.1, -0.05) is 6.92 Å². The monoisotopic (exact) mass is 352 g/mol. The first-order chi connectivity index (χ1) is 12.4. The van der Waals surface area contributed by atoms with Crippen molar-refractivity contribution in [3.63, 3.8) is 0 Å². The van der Waals surface area contributed by atoms with Crippen molar-refractivity contribution in [3.8, 4) is 11.1 Å². The summed E-state index contributed by atoms with van der Waals surface area (Å²) in [6.07, 6.45) is 4.25. The van der Waals surface area contributed by atoms with Gasteiger partial charge in [-0.05, 0) is 44.0 Å². The molecule has 4 nitrogen and oxygen atoms in total. The Balaban J connectivity index is 1.76. The summed E-state index contributed by atoms with van der Waals surface area (Å²) >= 11 is 0. The lowest BCUT2D eigenvalue weighted by Gasteiger charge is -2.48. The number of furan rings is 1. The maximum atomic E-state index is 15.1. The molecule has 134 valence electrons. The second-order valence-electron chi connectivity index (χ2n) is 8.14. The predicted molar refractivity (Wildman–Crippen MR) is 98.8 cm³/mol. The highest BCUT2D eigenvalue weighted by Gasteiger charge is 2.53. The molecule has 2 unspecified atom stereocenters. The molecule has 4 heterocycles. The van der Waals surface area contributed by atoms with Crippen LogP contribution >= 0.6 is 0 Å². The van der Waals surface area contributed by atoms with Gasteiger partial charge in [-0.2, -0.15) is 0 Å². The van der Waals surface area contributed by atoms with Gasteiger partial charge in [0.25, 0.3) is 0 Å². The highest BCUT2D eigenvalue weighted by atomic mass is 19.1. The molecule has 1 aromatic carbocycles. The molecule has 0 bridgehead atoms. The van der Waals surface area contributed by atoms with E-state index in [0.717, 1.165) is 35.4 Å². The van der Waals surface area contributed by atoms with Gasteiger partial charge in [0.15, 0.2) is 5.58 Å². The third-order valence-electron chi connectivity index (χ3n) is 5.95. The van der Waals surface area contributed by atoms with Gasteiger partial charge in [0.1, 0.15) is 11.3 Å². The minimum absolute atomic E-state index is 0.0434. The van der Waals surface area contributed by atoms with Crippen molar-refractivity contribution >= 4 is 16.8 Å². The van der Waals surface area contributed by atoms with Crippen LogP contribution in [0.5, 0.6) is 0 Å². The van der Waals surface area contributed by atoms with Crippen molar-refractivity contribution in [1.82, 2.24) is 4.98 Å². The number of nitrogens with one attached hydrogen (secondary N) is 1. The number of fused-ring (bicyclic) bond motifs is 4. The maximum absolute atomic E-state index is 15.1. The molecule has 1 N–H and O–H groups in total. The van der Waals surface area contributed by atoms with E-state index in [-0.39, 0.29) is 22.9 Å². The van der Waals surface area contributed by atoms with Crippen LogP contribution in [-0.4, -0.2) is 23.2 Å². The minimum Gasteiger partial charge on any atom is -0.462 e. The number of hydrogen-bond acceptors (Lipinski definition) is 4. The van der Waals surface area contributed by atoms with Crippen LogP contribution in [0.2, 0.25) is 0 Å². The molecule has 2 aliphatic rings. The molecule has 1 fully saturated rings. The van der Waals surface area contributed by atoms with Gasteiger partial charge in [0.2, 0.25) is 0 Å². The summed E-state index contributed by atoms with van der Waals surface area (Å²) in [5, 5.41) is 3.48. The first-order valence-electron chi connectivity index (χ1n) is 8.96. The van der Waals surface area contributed by atoms with Crippen molar-refractivity contribution in [2.45, 2.75) is 44.2 Å². The van der Waals surface area contributed by atoms with E-state index in [2.05, 4.69) is 31.1 Å². The van der Waals surface area contributed by atoms with Crippen LogP contribution in [0.1, 0.15) is 32.8 Å². The van der Waals surface area contributed by atoms with E-state index < -0.39 is 0 Å². The SMILES string of the molecule is CC1(C)Nc2cc(F)c(-c3ccnc4ccoc34)cc2C2(C)CCOC12. The first-order valence-corrected chi connectivity index (χ1v) is 8.96. The highest BCUT2D eigenvalue weighted by molar-refractivity contribution is 5.90. The second-order valence-corrected chi connectivity index (χ2v) is 8.14. The highest BCUT2D eigenvalue weighted by Crippen LogP contribution is 2.51. The third kappa shape index (κ3) is 2.01. The standard InChI is InChI=1S/C21H21FN2O2/c1-20(2)19-21(3,6-9-26-19)14-10-13(15(22)11-17(14)24-20)12-4-7-23-16-5-8-25-18(12)16/h4-5,7-8,10-11,19,24H,6,9H2,1-3H3. The molecule has 2 aromatic heterocycles. The Labute approximate surface area is 151 Å². The van der Waals surface area contributed by atoms with Crippen LogP contribution in [0.15, 0.2) is 41.1 Å². The molecule has 26 heavy (non-hydrogen) atoms. The summed E-state index contributed by atoms with van der Waals surface area (Å²) in [7, 11) is 0. The quantitative estimate of drug-likeness (QED) is 0.678. The normalized spacial score (nSPS) is 26.4. The van der Waals surface area contributed by atoms with Crippen LogP contribution < -0.4 is 5.32 Å². The van der Waals surface area contributed by atoms with Crippen molar-refractivity contribution in [2.75, 3.05) is 11.9 Å². The fourth-order valence-electron chi connectivity index (χ4n) is 4.84. The van der Waals surface area contributed by atoms with E-state index in [4.69, 9.17) is 9.15 Å². The van der Waals surface area contributed by atoms with Gasteiger partial charge in [0, 0.05) is 41.1 Å². The molecule has 0 spiro atoms. The number of hydrogen-bond donors (Lipinski definition) is 1. The van der Waals surface area contributed by atoms with Crippen LogP contribution in [0.3, 0.4) is 0 Å². The van der Waals surface area contributed by atoms with Gasteiger partial charge in [-0.3, -0.25) is 4.98 Å². The molecule has 0 radical (unpaired) electrons. The smallest absolute Gasteiger partial charge is 0.160 e. The predicted octanol–water partition coefficient (Wildman–Crippen LogP) is 4.88. The topological polar surface area (TPSA) is 47.3 Å². The Kier molecular flexibility index (Phi) is 3.09. The number of benzene rings is 1. The summed E-state index contributed by atoms with van der Waals surface area (Å²) < 4.78 is 26.7. The number of anilines is 1. The maximum Gasteiger partial charge on any atom is 0.160 e. The summed E-state index contributed by atoms with van der Waals surface area (Å²) in [5.41, 5.74) is 4.16. The number of rotatable bonds is 1. The number of ether oxygens (including phenoxy) is 1. The van der Waals surface area contributed by atoms with Crippen LogP contribution in [0.4, 0.5) is 10.1 Å². The molecular formula is C21H21FN2O2. The Morgan fingerprint density at radius 3 is 2.88 bits per heavy atom. The fourth-order valence-corrected chi connectivity index (χ4v) is 4.84. The molecule has 5 heteroatoms. The van der Waals surface area contributed by atoms with Crippen LogP contribution in [0.25, 0.3) is 22.2 Å². The lowest BCUT2D eigenvalue weighted by Crippen LogP contribution is -2.56. The van der Waals surface area contributed by atoms with E-state index in [9.17, 15) is 0 Å². The average molecular weight is 352 g/mol. The number of nitrogens with zero attached hydrogens (tertiary/aromatic N) is 1. The fraction of sp³-hybridized carbons (Fsp3) is 0.381. The van der Waals surface area contributed by atoms with Crippen LogP contribution in [0, 0.1) is 5.82 Å². The molecular weight excluding hydrogens is 331 g/mol. The molecule has 0 amide bonds. The van der Waals surface area contributed by atoms with E-state index >= 15 is 4.39 Å². The lowest BCUT2D eigenvalue weighted by atomic mass is 9.66. The van der Waals surface area contributed by atoms with Crippen molar-refractivity contribution in [2.24, 2.45) is 0 Å². The molecule has 5 rings (SSSR count). The van der Waals surface area contributed by atoms with Crippen molar-refractivity contribution in [1.29, 1.82) is 0 Å². The van der Waals surface area contributed by atoms with Gasteiger partial charge in [0.05, 0.1) is 17.9 Å². The van der Waals surface area contributed by atoms with E-state index in [1.165, 1.54) is 0 Å². The van der Waals surface area contributed by atoms with Crippen LogP contribution in [-0.2, 0) is 10.2 Å².